The van der Waals surface area contributed by atoms with Gasteiger partial charge >= 0.3 is 12.1 Å². The Bertz CT molecular complexity index is 1650. The Morgan fingerprint density at radius 1 is 1.20 bits per heavy atom. The van der Waals surface area contributed by atoms with Crippen molar-refractivity contribution in [3.63, 3.8) is 0 Å². The van der Waals surface area contributed by atoms with Crippen molar-refractivity contribution in [1.29, 1.82) is 5.26 Å². The zero-order valence-electron chi connectivity index (χ0n) is 22.4. The molecule has 206 valence electrons. The molecule has 1 amide bonds. The number of piperazine rings is 1. The summed E-state index contributed by atoms with van der Waals surface area (Å²) in [5, 5.41) is 20.8. The number of benzene rings is 2. The van der Waals surface area contributed by atoms with Gasteiger partial charge in [0, 0.05) is 37.8 Å². The molecule has 0 aliphatic carbocycles. The van der Waals surface area contributed by atoms with Crippen molar-refractivity contribution in [2.24, 2.45) is 5.41 Å². The van der Waals surface area contributed by atoms with Crippen LogP contribution >= 0.6 is 11.6 Å². The number of nitriles is 1. The lowest BCUT2D eigenvalue weighted by molar-refractivity contribution is -0.142. The normalized spacial score (nSPS) is 15.8. The first kappa shape index (κ1) is 27.2. The number of carbonyl (C=O) groups is 2. The molecule has 11 heteroatoms. The lowest BCUT2D eigenvalue weighted by Crippen LogP contribution is -2.55. The predicted molar refractivity (Wildman–Crippen MR) is 152 cm³/mol. The summed E-state index contributed by atoms with van der Waals surface area (Å²) >= 11 is 6.39. The van der Waals surface area contributed by atoms with Gasteiger partial charge in [-0.1, -0.05) is 24.3 Å². The zero-order valence-corrected chi connectivity index (χ0v) is 23.2. The minimum atomic E-state index is -1.05. The molecule has 0 bridgehead atoms. The number of nitrogens with zero attached hydrogens (tertiary/aromatic N) is 5. The molecule has 2 aromatic heterocycles. The molecule has 4 aromatic rings. The molecule has 0 radical (unpaired) electrons. The van der Waals surface area contributed by atoms with E-state index in [4.69, 9.17) is 16.3 Å². The van der Waals surface area contributed by atoms with Gasteiger partial charge in [-0.15, -0.1) is 0 Å². The Hall–Kier alpha value is -4.36. The van der Waals surface area contributed by atoms with Gasteiger partial charge in [-0.05, 0) is 60.8 Å². The van der Waals surface area contributed by atoms with E-state index in [1.54, 1.807) is 0 Å². The molecule has 5 rings (SSSR count). The van der Waals surface area contributed by atoms with E-state index < -0.39 is 17.6 Å². The smallest absolute Gasteiger partial charge is 0.407 e. The van der Waals surface area contributed by atoms with E-state index in [2.05, 4.69) is 21.0 Å². The van der Waals surface area contributed by atoms with Gasteiger partial charge in [0.1, 0.15) is 11.3 Å². The van der Waals surface area contributed by atoms with Crippen LogP contribution in [0.25, 0.3) is 21.8 Å². The van der Waals surface area contributed by atoms with E-state index >= 15 is 0 Å². The minimum absolute atomic E-state index is 0.0681. The maximum atomic E-state index is 12.6. The second-order valence-electron chi connectivity index (χ2n) is 10.9. The minimum Gasteiger partial charge on any atom is -0.465 e. The van der Waals surface area contributed by atoms with Crippen LogP contribution in [0.3, 0.4) is 0 Å². The van der Waals surface area contributed by atoms with Crippen molar-refractivity contribution in [1.82, 2.24) is 19.9 Å². The summed E-state index contributed by atoms with van der Waals surface area (Å²) in [6.07, 6.45) is 1.37. The number of fused-ring (bicyclic) bond motifs is 2. The molecule has 10 nitrogen and oxygen atoms in total. The molecule has 1 aliphatic heterocycles. The van der Waals surface area contributed by atoms with Gasteiger partial charge in [0.25, 0.3) is 0 Å². The van der Waals surface area contributed by atoms with Gasteiger partial charge in [-0.25, -0.2) is 9.78 Å². The fourth-order valence-corrected chi connectivity index (χ4v) is 5.15. The molecule has 3 heterocycles. The van der Waals surface area contributed by atoms with E-state index in [0.29, 0.717) is 42.1 Å². The monoisotopic (exact) mass is 560 g/mol. The number of hydrogen-bond acceptors (Lipinski definition) is 7. The highest BCUT2D eigenvalue weighted by Crippen LogP contribution is 2.33. The van der Waals surface area contributed by atoms with Crippen LogP contribution in [0.1, 0.15) is 38.3 Å². The maximum Gasteiger partial charge on any atom is 0.407 e. The van der Waals surface area contributed by atoms with Gasteiger partial charge in [-0.3, -0.25) is 4.79 Å². The molecule has 1 saturated heterocycles. The van der Waals surface area contributed by atoms with Crippen molar-refractivity contribution in [3.8, 4) is 11.8 Å². The molecule has 1 unspecified atom stereocenters. The number of nitrogens with one attached hydrogen (secondary N) is 1. The lowest BCUT2D eigenvalue weighted by Gasteiger charge is -2.39. The van der Waals surface area contributed by atoms with Crippen molar-refractivity contribution in [2.45, 2.75) is 39.7 Å². The van der Waals surface area contributed by atoms with Crippen LogP contribution in [0, 0.1) is 16.7 Å². The molecule has 0 saturated carbocycles. The second-order valence-corrected chi connectivity index (χ2v) is 11.2. The Morgan fingerprint density at radius 3 is 2.70 bits per heavy atom. The standard InChI is InChI=1S/C29H29ClN6O4/c1-29(2,3)26(37)40-21-13-17-6-4-5-7-22(17)18(14-21)12-19-15-32-24-23(19)33-27(30)34-25(24)35-10-11-36(28(38)39)20(16-35)8-9-31/h4-7,13-15,20,32H,8,10-12,16H2,1-3H3,(H,38,39). The van der Waals surface area contributed by atoms with Gasteiger partial charge < -0.3 is 24.6 Å². The van der Waals surface area contributed by atoms with E-state index in [0.717, 1.165) is 21.9 Å². The highest BCUT2D eigenvalue weighted by Gasteiger charge is 2.32. The predicted octanol–water partition coefficient (Wildman–Crippen LogP) is 5.39. The van der Waals surface area contributed by atoms with Crippen LogP contribution in [-0.2, 0) is 11.2 Å². The Kier molecular flexibility index (Phi) is 7.25. The topological polar surface area (TPSA) is 135 Å². The number of H-pyrrole nitrogens is 1. The van der Waals surface area contributed by atoms with E-state index in [1.807, 2.05) is 68.3 Å². The zero-order chi connectivity index (χ0) is 28.6. The summed E-state index contributed by atoms with van der Waals surface area (Å²) in [6, 6.07) is 13.3. The SMILES string of the molecule is CC(C)(C)C(=O)Oc1cc(Cc2c[nH]c3c(N4CCN(C(=O)O)C(CC#N)C4)nc(Cl)nc23)c2ccccc2c1. The number of aromatic amines is 1. The number of aromatic nitrogens is 3. The summed E-state index contributed by atoms with van der Waals surface area (Å²) in [4.78, 5) is 39.8. The molecular weight excluding hydrogens is 532 g/mol. The molecular formula is C29H29ClN6O4. The van der Waals surface area contributed by atoms with Crippen LogP contribution in [0.4, 0.5) is 10.6 Å². The molecule has 0 spiro atoms. The summed E-state index contributed by atoms with van der Waals surface area (Å²) in [6.45, 7) is 6.39. The number of rotatable bonds is 5. The van der Waals surface area contributed by atoms with Crippen LogP contribution in [0.15, 0.2) is 42.6 Å². The average molecular weight is 561 g/mol. The quantitative estimate of drug-likeness (QED) is 0.188. The number of halogens is 1. The molecule has 2 N–H and O–H groups in total. The van der Waals surface area contributed by atoms with Gasteiger partial charge in [0.05, 0.1) is 29.5 Å². The number of anilines is 1. The van der Waals surface area contributed by atoms with E-state index in [1.165, 1.54) is 4.90 Å². The summed E-state index contributed by atoms with van der Waals surface area (Å²) in [7, 11) is 0. The first-order chi connectivity index (χ1) is 19.0. The molecule has 2 aromatic carbocycles. The number of carbonyl (C=O) groups excluding carboxylic acids is 1. The first-order valence-electron chi connectivity index (χ1n) is 12.9. The number of carboxylic acid groups (broad SMARTS) is 1. The summed E-state index contributed by atoms with van der Waals surface area (Å²) in [5.41, 5.74) is 2.51. The maximum absolute atomic E-state index is 12.6. The van der Waals surface area contributed by atoms with Gasteiger partial charge in [-0.2, -0.15) is 10.2 Å². The Morgan fingerprint density at radius 2 is 1.98 bits per heavy atom. The summed E-state index contributed by atoms with van der Waals surface area (Å²) in [5.74, 6) is 0.719. The number of esters is 1. The van der Waals surface area contributed by atoms with E-state index in [-0.39, 0.29) is 24.2 Å². The lowest BCUT2D eigenvalue weighted by atomic mass is 9.97. The first-order valence-corrected chi connectivity index (χ1v) is 13.3. The van der Waals surface area contributed by atoms with Crippen molar-refractivity contribution >= 4 is 51.3 Å². The molecule has 40 heavy (non-hydrogen) atoms. The van der Waals surface area contributed by atoms with Gasteiger partial charge in [0.15, 0.2) is 5.82 Å². The Balaban J connectivity index is 1.51. The third-order valence-electron chi connectivity index (χ3n) is 7.04. The largest absolute Gasteiger partial charge is 0.465 e. The molecule has 1 fully saturated rings. The van der Waals surface area contributed by atoms with Crippen LogP contribution < -0.4 is 9.64 Å². The fourth-order valence-electron chi connectivity index (χ4n) is 4.99. The van der Waals surface area contributed by atoms with Crippen LogP contribution in [0.2, 0.25) is 5.28 Å². The third-order valence-corrected chi connectivity index (χ3v) is 7.21. The summed E-state index contributed by atoms with van der Waals surface area (Å²) < 4.78 is 5.74. The number of hydrogen-bond donors (Lipinski definition) is 2. The Labute approximate surface area is 236 Å². The van der Waals surface area contributed by atoms with Crippen molar-refractivity contribution < 1.29 is 19.4 Å². The van der Waals surface area contributed by atoms with Crippen LogP contribution in [-0.4, -0.2) is 62.7 Å². The molecule has 1 aliphatic rings. The second kappa shape index (κ2) is 10.7. The third kappa shape index (κ3) is 5.38. The van der Waals surface area contributed by atoms with Crippen molar-refractivity contribution in [2.75, 3.05) is 24.5 Å². The average Bonchev–Trinajstić information content (AvgIpc) is 3.30. The number of ether oxygens (including phenoxy) is 1. The van der Waals surface area contributed by atoms with Gasteiger partial charge in [0.2, 0.25) is 5.28 Å². The fraction of sp³-hybridized carbons (Fsp3) is 0.345. The molecule has 1 atom stereocenters. The van der Waals surface area contributed by atoms with Crippen LogP contribution in [0.5, 0.6) is 5.75 Å². The number of amides is 1. The van der Waals surface area contributed by atoms with Crippen molar-refractivity contribution in [3.05, 3.63) is 59.0 Å². The highest BCUT2D eigenvalue weighted by molar-refractivity contribution is 6.28. The van der Waals surface area contributed by atoms with E-state index in [9.17, 15) is 20.0 Å². The highest BCUT2D eigenvalue weighted by atomic mass is 35.5.